The number of anilines is 2. The van der Waals surface area contributed by atoms with E-state index in [1.165, 1.54) is 0 Å². The fourth-order valence-electron chi connectivity index (χ4n) is 1.52. The van der Waals surface area contributed by atoms with E-state index < -0.39 is 0 Å². The number of benzene rings is 1. The van der Waals surface area contributed by atoms with Crippen LogP contribution in [-0.4, -0.2) is 18.0 Å². The first-order chi connectivity index (χ1) is 8.06. The average Bonchev–Trinajstić information content (AvgIpc) is 3.06. The molecule has 0 spiro atoms. The summed E-state index contributed by atoms with van der Waals surface area (Å²) in [7, 11) is 0. The van der Waals surface area contributed by atoms with Gasteiger partial charge >= 0.3 is 0 Å². The van der Waals surface area contributed by atoms with Crippen molar-refractivity contribution in [2.45, 2.75) is 31.8 Å². The smallest absolute Gasteiger partial charge is 0.242 e. The maximum atomic E-state index is 11.8. The monoisotopic (exact) mass is 345 g/mol. The van der Waals surface area contributed by atoms with E-state index in [-0.39, 0.29) is 11.9 Å². The molecule has 1 aromatic carbocycles. The molecule has 1 aromatic rings. The van der Waals surface area contributed by atoms with Gasteiger partial charge in [-0.05, 0) is 60.6 Å². The Balaban J connectivity index is 1.96. The van der Waals surface area contributed by atoms with Crippen LogP contribution in [0.15, 0.2) is 18.2 Å². The van der Waals surface area contributed by atoms with Crippen molar-refractivity contribution in [2.75, 3.05) is 11.1 Å². The number of nitrogens with one attached hydrogen (secondary N) is 2. The van der Waals surface area contributed by atoms with Crippen molar-refractivity contribution < 1.29 is 4.79 Å². The van der Waals surface area contributed by atoms with Gasteiger partial charge in [-0.3, -0.25) is 4.79 Å². The summed E-state index contributed by atoms with van der Waals surface area (Å²) in [5.74, 6) is 0.0328. The van der Waals surface area contributed by atoms with Crippen LogP contribution in [0.5, 0.6) is 0 Å². The van der Waals surface area contributed by atoms with Gasteiger partial charge in [0.2, 0.25) is 5.91 Å². The SMILES string of the molecule is CC(Nc1ccc(I)cc1N)C(=O)NC1CC1. The lowest BCUT2D eigenvalue weighted by atomic mass is 10.2. The number of amides is 1. The second-order valence-electron chi connectivity index (χ2n) is 4.38. The standard InChI is InChI=1S/C12H16IN3O/c1-7(12(17)16-9-3-4-9)15-11-5-2-8(13)6-10(11)14/h2,5-7,9,15H,3-4,14H2,1H3,(H,16,17). The highest BCUT2D eigenvalue weighted by atomic mass is 127. The van der Waals surface area contributed by atoms with Gasteiger partial charge in [-0.1, -0.05) is 0 Å². The lowest BCUT2D eigenvalue weighted by Crippen LogP contribution is -2.38. The van der Waals surface area contributed by atoms with Crippen LogP contribution in [0.1, 0.15) is 19.8 Å². The zero-order valence-corrected chi connectivity index (χ0v) is 11.8. The van der Waals surface area contributed by atoms with Gasteiger partial charge in [0.05, 0.1) is 11.4 Å². The summed E-state index contributed by atoms with van der Waals surface area (Å²) in [5, 5.41) is 6.09. The maximum Gasteiger partial charge on any atom is 0.242 e. The van der Waals surface area contributed by atoms with Crippen molar-refractivity contribution in [1.29, 1.82) is 0 Å². The topological polar surface area (TPSA) is 67.1 Å². The highest BCUT2D eigenvalue weighted by Gasteiger charge is 2.25. The van der Waals surface area contributed by atoms with E-state index >= 15 is 0 Å². The molecule has 0 saturated heterocycles. The summed E-state index contributed by atoms with van der Waals surface area (Å²) >= 11 is 2.21. The molecule has 0 aromatic heterocycles. The molecular weight excluding hydrogens is 329 g/mol. The normalized spacial score (nSPS) is 16.4. The quantitative estimate of drug-likeness (QED) is 0.577. The van der Waals surface area contributed by atoms with E-state index in [1.807, 2.05) is 25.1 Å². The Morgan fingerprint density at radius 3 is 2.82 bits per heavy atom. The third-order valence-electron chi connectivity index (χ3n) is 2.70. The van der Waals surface area contributed by atoms with Crippen LogP contribution in [0.3, 0.4) is 0 Å². The molecular formula is C12H16IN3O. The molecule has 1 atom stereocenters. The molecule has 1 aliphatic carbocycles. The number of hydrogen-bond donors (Lipinski definition) is 3. The molecule has 92 valence electrons. The van der Waals surface area contributed by atoms with Crippen LogP contribution in [0.25, 0.3) is 0 Å². The molecule has 4 N–H and O–H groups in total. The van der Waals surface area contributed by atoms with Crippen molar-refractivity contribution in [1.82, 2.24) is 5.32 Å². The number of nitrogens with two attached hydrogens (primary N) is 1. The van der Waals surface area contributed by atoms with Crippen molar-refractivity contribution in [3.63, 3.8) is 0 Å². The molecule has 2 rings (SSSR count). The molecule has 1 aliphatic rings. The highest BCUT2D eigenvalue weighted by Crippen LogP contribution is 2.22. The Morgan fingerprint density at radius 1 is 1.53 bits per heavy atom. The summed E-state index contributed by atoms with van der Waals surface area (Å²) in [4.78, 5) is 11.8. The van der Waals surface area contributed by atoms with Gasteiger partial charge in [-0.25, -0.2) is 0 Å². The third-order valence-corrected chi connectivity index (χ3v) is 3.37. The van der Waals surface area contributed by atoms with Crippen molar-refractivity contribution >= 4 is 39.9 Å². The Bertz CT molecular complexity index is 432. The molecule has 1 fully saturated rings. The molecule has 0 bridgehead atoms. The Hall–Kier alpha value is -0.980. The van der Waals surface area contributed by atoms with Gasteiger partial charge in [0.25, 0.3) is 0 Å². The van der Waals surface area contributed by atoms with Crippen LogP contribution < -0.4 is 16.4 Å². The molecule has 1 unspecified atom stereocenters. The first-order valence-corrected chi connectivity index (χ1v) is 6.76. The van der Waals surface area contributed by atoms with E-state index in [1.54, 1.807) is 0 Å². The molecule has 4 nitrogen and oxygen atoms in total. The van der Waals surface area contributed by atoms with E-state index in [2.05, 4.69) is 33.2 Å². The average molecular weight is 345 g/mol. The molecule has 5 heteroatoms. The zero-order valence-electron chi connectivity index (χ0n) is 9.66. The zero-order chi connectivity index (χ0) is 12.4. The van der Waals surface area contributed by atoms with Gasteiger partial charge in [0, 0.05) is 9.61 Å². The fourth-order valence-corrected chi connectivity index (χ4v) is 2.03. The van der Waals surface area contributed by atoms with Crippen LogP contribution in [0.4, 0.5) is 11.4 Å². The Labute approximate surface area is 114 Å². The summed E-state index contributed by atoms with van der Waals surface area (Å²) in [6.07, 6.45) is 2.20. The van der Waals surface area contributed by atoms with Crippen LogP contribution in [0.2, 0.25) is 0 Å². The van der Waals surface area contributed by atoms with E-state index in [9.17, 15) is 4.79 Å². The van der Waals surface area contributed by atoms with Gasteiger partial charge in [0.15, 0.2) is 0 Å². The van der Waals surface area contributed by atoms with Gasteiger partial charge in [0.1, 0.15) is 6.04 Å². The number of halogens is 1. The maximum absolute atomic E-state index is 11.8. The van der Waals surface area contributed by atoms with E-state index in [4.69, 9.17) is 5.73 Å². The molecule has 1 saturated carbocycles. The minimum atomic E-state index is -0.266. The number of rotatable bonds is 4. The lowest BCUT2D eigenvalue weighted by molar-refractivity contribution is -0.121. The predicted octanol–water partition coefficient (Wildman–Crippen LogP) is 1.95. The molecule has 0 radical (unpaired) electrons. The Morgan fingerprint density at radius 2 is 2.24 bits per heavy atom. The molecule has 1 amide bonds. The molecule has 0 aliphatic heterocycles. The van der Waals surface area contributed by atoms with Crippen LogP contribution in [-0.2, 0) is 4.79 Å². The van der Waals surface area contributed by atoms with E-state index in [0.717, 1.165) is 22.1 Å². The summed E-state index contributed by atoms with van der Waals surface area (Å²) < 4.78 is 1.08. The fraction of sp³-hybridized carbons (Fsp3) is 0.417. The van der Waals surface area contributed by atoms with Crippen molar-refractivity contribution in [3.05, 3.63) is 21.8 Å². The first-order valence-electron chi connectivity index (χ1n) is 5.68. The minimum Gasteiger partial charge on any atom is -0.397 e. The largest absolute Gasteiger partial charge is 0.397 e. The number of carbonyl (C=O) groups is 1. The minimum absolute atomic E-state index is 0.0328. The molecule has 17 heavy (non-hydrogen) atoms. The second kappa shape index (κ2) is 5.12. The van der Waals surface area contributed by atoms with Gasteiger partial charge in [-0.15, -0.1) is 0 Å². The van der Waals surface area contributed by atoms with E-state index in [0.29, 0.717) is 11.7 Å². The van der Waals surface area contributed by atoms with Crippen molar-refractivity contribution in [3.8, 4) is 0 Å². The summed E-state index contributed by atoms with van der Waals surface area (Å²) in [6, 6.07) is 5.87. The lowest BCUT2D eigenvalue weighted by Gasteiger charge is -2.16. The van der Waals surface area contributed by atoms with Crippen molar-refractivity contribution in [2.24, 2.45) is 0 Å². The van der Waals surface area contributed by atoms with Crippen LogP contribution >= 0.6 is 22.6 Å². The van der Waals surface area contributed by atoms with Gasteiger partial charge in [-0.2, -0.15) is 0 Å². The predicted molar refractivity (Wildman–Crippen MR) is 77.8 cm³/mol. The number of hydrogen-bond acceptors (Lipinski definition) is 3. The summed E-state index contributed by atoms with van der Waals surface area (Å²) in [6.45, 7) is 1.84. The third kappa shape index (κ3) is 3.49. The number of nitrogen functional groups attached to an aromatic ring is 1. The van der Waals surface area contributed by atoms with Crippen LogP contribution in [0, 0.1) is 3.57 Å². The second-order valence-corrected chi connectivity index (χ2v) is 5.63. The van der Waals surface area contributed by atoms with Gasteiger partial charge < -0.3 is 16.4 Å². The summed E-state index contributed by atoms with van der Waals surface area (Å²) in [5.41, 5.74) is 7.36. The number of carbonyl (C=O) groups excluding carboxylic acids is 1. The Kier molecular flexibility index (Phi) is 3.76. The highest BCUT2D eigenvalue weighted by molar-refractivity contribution is 14.1. The molecule has 0 heterocycles. The first kappa shape index (κ1) is 12.5.